The van der Waals surface area contributed by atoms with Crippen LogP contribution in [0.4, 0.5) is 0 Å². The van der Waals surface area contributed by atoms with Crippen molar-refractivity contribution in [2.45, 2.75) is 39.8 Å². The summed E-state index contributed by atoms with van der Waals surface area (Å²) < 4.78 is 6.71. The molecular formula is C17H23N3O3. The number of aryl methyl sites for hydroxylation is 1. The fourth-order valence-corrected chi connectivity index (χ4v) is 2.39. The molecule has 1 aromatic heterocycles. The van der Waals surface area contributed by atoms with Crippen LogP contribution < -0.4 is 5.32 Å². The smallest absolute Gasteiger partial charge is 0.328 e. The van der Waals surface area contributed by atoms with Gasteiger partial charge in [-0.2, -0.15) is 0 Å². The van der Waals surface area contributed by atoms with E-state index < -0.39 is 17.4 Å². The summed E-state index contributed by atoms with van der Waals surface area (Å²) in [7, 11) is 1.32. The zero-order valence-corrected chi connectivity index (χ0v) is 14.0. The predicted molar refractivity (Wildman–Crippen MR) is 87.8 cm³/mol. The lowest BCUT2D eigenvalue weighted by Crippen LogP contribution is -2.49. The van der Waals surface area contributed by atoms with Crippen LogP contribution in [0.25, 0.3) is 11.0 Å². The quantitative estimate of drug-likeness (QED) is 0.857. The summed E-state index contributed by atoms with van der Waals surface area (Å²) in [6, 6.07) is 7.09. The van der Waals surface area contributed by atoms with Crippen LogP contribution in [0, 0.1) is 5.41 Å². The normalized spacial score (nSPS) is 12.9. The number of carbonyl (C=O) groups is 2. The van der Waals surface area contributed by atoms with Crippen molar-refractivity contribution in [3.05, 3.63) is 30.6 Å². The lowest BCUT2D eigenvalue weighted by molar-refractivity contribution is -0.148. The molecule has 0 aliphatic rings. The zero-order chi connectivity index (χ0) is 17.0. The van der Waals surface area contributed by atoms with E-state index in [1.165, 1.54) is 7.11 Å². The highest BCUT2D eigenvalue weighted by atomic mass is 16.5. The van der Waals surface area contributed by atoms with Gasteiger partial charge in [-0.05, 0) is 17.5 Å². The number of nitrogens with zero attached hydrogens (tertiary/aromatic N) is 2. The minimum Gasteiger partial charge on any atom is -0.467 e. The predicted octanol–water partition coefficient (Wildman–Crippen LogP) is 2.13. The van der Waals surface area contributed by atoms with Crippen molar-refractivity contribution in [3.8, 4) is 0 Å². The van der Waals surface area contributed by atoms with Crippen molar-refractivity contribution < 1.29 is 14.3 Å². The van der Waals surface area contributed by atoms with Crippen LogP contribution >= 0.6 is 0 Å². The van der Waals surface area contributed by atoms with Gasteiger partial charge in [0.25, 0.3) is 0 Å². The molecule has 2 aromatic rings. The first kappa shape index (κ1) is 17.0. The molecule has 0 unspecified atom stereocenters. The second kappa shape index (κ2) is 6.81. The van der Waals surface area contributed by atoms with E-state index in [1.807, 2.05) is 49.6 Å². The van der Waals surface area contributed by atoms with Crippen molar-refractivity contribution in [2.75, 3.05) is 7.11 Å². The number of amides is 1. The van der Waals surface area contributed by atoms with E-state index in [2.05, 4.69) is 10.3 Å². The Bertz CT molecular complexity index is 700. The molecule has 0 aliphatic heterocycles. The second-order valence-electron chi connectivity index (χ2n) is 6.57. The highest BCUT2D eigenvalue weighted by molar-refractivity contribution is 5.85. The van der Waals surface area contributed by atoms with Gasteiger partial charge >= 0.3 is 5.97 Å². The number of imidazole rings is 1. The Labute approximate surface area is 135 Å². The first-order valence-corrected chi connectivity index (χ1v) is 7.60. The number of benzene rings is 1. The van der Waals surface area contributed by atoms with Crippen molar-refractivity contribution in [3.63, 3.8) is 0 Å². The molecule has 1 heterocycles. The molecule has 1 amide bonds. The van der Waals surface area contributed by atoms with Crippen LogP contribution in [0.3, 0.4) is 0 Å². The SMILES string of the molecule is COC(=O)[C@H](NC(=O)CCn1cnc2ccccc21)C(C)(C)C. The number of esters is 1. The van der Waals surface area contributed by atoms with Crippen LogP contribution in [0.15, 0.2) is 30.6 Å². The van der Waals surface area contributed by atoms with E-state index in [-0.39, 0.29) is 12.3 Å². The number of fused-ring (bicyclic) bond motifs is 1. The minimum atomic E-state index is -0.667. The molecule has 1 atom stereocenters. The summed E-state index contributed by atoms with van der Waals surface area (Å²) in [5.41, 5.74) is 1.47. The molecule has 1 N–H and O–H groups in total. The largest absolute Gasteiger partial charge is 0.467 e. The van der Waals surface area contributed by atoms with E-state index in [1.54, 1.807) is 6.33 Å². The number of rotatable bonds is 5. The fraction of sp³-hybridized carbons (Fsp3) is 0.471. The fourth-order valence-electron chi connectivity index (χ4n) is 2.39. The van der Waals surface area contributed by atoms with E-state index in [0.717, 1.165) is 11.0 Å². The average Bonchev–Trinajstić information content (AvgIpc) is 2.92. The van der Waals surface area contributed by atoms with Gasteiger partial charge in [-0.15, -0.1) is 0 Å². The standard InChI is InChI=1S/C17H23N3O3/c1-17(2,3)15(16(22)23-4)19-14(21)9-10-20-11-18-12-7-5-6-8-13(12)20/h5-8,11,15H,9-10H2,1-4H3,(H,19,21)/t15-/m0/s1. The molecule has 0 aliphatic carbocycles. The highest BCUT2D eigenvalue weighted by Crippen LogP contribution is 2.20. The second-order valence-corrected chi connectivity index (χ2v) is 6.57. The van der Waals surface area contributed by atoms with E-state index >= 15 is 0 Å². The summed E-state index contributed by atoms with van der Waals surface area (Å²) in [5.74, 6) is -0.618. The molecule has 124 valence electrons. The maximum atomic E-state index is 12.2. The maximum absolute atomic E-state index is 12.2. The van der Waals surface area contributed by atoms with Crippen molar-refractivity contribution in [1.29, 1.82) is 0 Å². The number of aromatic nitrogens is 2. The van der Waals surface area contributed by atoms with Crippen LogP contribution in [-0.2, 0) is 20.9 Å². The first-order valence-electron chi connectivity index (χ1n) is 7.60. The van der Waals surface area contributed by atoms with Gasteiger partial charge in [0.2, 0.25) is 5.91 Å². The van der Waals surface area contributed by atoms with Crippen LogP contribution in [0.2, 0.25) is 0 Å². The molecule has 1 aromatic carbocycles. The average molecular weight is 317 g/mol. The number of carbonyl (C=O) groups excluding carboxylic acids is 2. The summed E-state index contributed by atoms with van der Waals surface area (Å²) in [5, 5.41) is 2.77. The van der Waals surface area contributed by atoms with Crippen LogP contribution in [0.5, 0.6) is 0 Å². The van der Waals surface area contributed by atoms with Gasteiger partial charge in [0.05, 0.1) is 24.5 Å². The van der Waals surface area contributed by atoms with Gasteiger partial charge in [-0.25, -0.2) is 9.78 Å². The molecule has 0 radical (unpaired) electrons. The Morgan fingerprint density at radius 3 is 2.65 bits per heavy atom. The topological polar surface area (TPSA) is 73.2 Å². The Morgan fingerprint density at radius 1 is 1.30 bits per heavy atom. The summed E-state index contributed by atoms with van der Waals surface area (Å²) >= 11 is 0. The number of methoxy groups -OCH3 is 1. The Balaban J connectivity index is 2.00. The van der Waals surface area contributed by atoms with Crippen molar-refractivity contribution >= 4 is 22.9 Å². The summed E-state index contributed by atoms with van der Waals surface area (Å²) in [6.07, 6.45) is 1.99. The molecule has 0 fully saturated rings. The van der Waals surface area contributed by atoms with Gasteiger partial charge in [-0.3, -0.25) is 4.79 Å². The lowest BCUT2D eigenvalue weighted by Gasteiger charge is -2.29. The Kier molecular flexibility index (Phi) is 5.03. The monoisotopic (exact) mass is 317 g/mol. The van der Waals surface area contributed by atoms with Crippen molar-refractivity contribution in [2.24, 2.45) is 5.41 Å². The number of ether oxygens (including phenoxy) is 1. The molecule has 6 nitrogen and oxygen atoms in total. The Hall–Kier alpha value is -2.37. The number of hydrogen-bond donors (Lipinski definition) is 1. The third kappa shape index (κ3) is 4.09. The zero-order valence-electron chi connectivity index (χ0n) is 14.0. The van der Waals surface area contributed by atoms with Crippen LogP contribution in [0.1, 0.15) is 27.2 Å². The number of nitrogens with one attached hydrogen (secondary N) is 1. The minimum absolute atomic E-state index is 0.187. The summed E-state index contributed by atoms with van der Waals surface area (Å²) in [4.78, 5) is 28.3. The molecule has 0 bridgehead atoms. The molecular weight excluding hydrogens is 294 g/mol. The maximum Gasteiger partial charge on any atom is 0.328 e. The van der Waals surface area contributed by atoms with Crippen LogP contribution in [-0.4, -0.2) is 34.6 Å². The molecule has 23 heavy (non-hydrogen) atoms. The molecule has 0 spiro atoms. The number of para-hydroxylation sites is 2. The molecule has 0 saturated carbocycles. The van der Waals surface area contributed by atoms with Crippen molar-refractivity contribution in [1.82, 2.24) is 14.9 Å². The van der Waals surface area contributed by atoms with Gasteiger partial charge < -0.3 is 14.6 Å². The third-order valence-corrected chi connectivity index (χ3v) is 3.72. The van der Waals surface area contributed by atoms with Gasteiger partial charge in [0.15, 0.2) is 0 Å². The molecule has 0 saturated heterocycles. The van der Waals surface area contributed by atoms with Gasteiger partial charge in [0, 0.05) is 13.0 Å². The lowest BCUT2D eigenvalue weighted by atomic mass is 9.86. The highest BCUT2D eigenvalue weighted by Gasteiger charge is 2.33. The van der Waals surface area contributed by atoms with E-state index in [4.69, 9.17) is 4.74 Å². The molecule has 6 heteroatoms. The van der Waals surface area contributed by atoms with E-state index in [9.17, 15) is 9.59 Å². The Morgan fingerprint density at radius 2 is 2.00 bits per heavy atom. The number of hydrogen-bond acceptors (Lipinski definition) is 4. The van der Waals surface area contributed by atoms with E-state index in [0.29, 0.717) is 6.54 Å². The summed E-state index contributed by atoms with van der Waals surface area (Å²) in [6.45, 7) is 6.17. The third-order valence-electron chi connectivity index (χ3n) is 3.72. The van der Waals surface area contributed by atoms with Gasteiger partial charge in [0.1, 0.15) is 6.04 Å². The first-order chi connectivity index (χ1) is 10.8. The van der Waals surface area contributed by atoms with Gasteiger partial charge in [-0.1, -0.05) is 32.9 Å². The molecule has 2 rings (SSSR count).